The van der Waals surface area contributed by atoms with Gasteiger partial charge in [0, 0.05) is 32.6 Å². The Morgan fingerprint density at radius 1 is 1.39 bits per heavy atom. The number of rotatable bonds is 7. The highest BCUT2D eigenvalue weighted by Crippen LogP contribution is 2.24. The van der Waals surface area contributed by atoms with E-state index < -0.39 is 18.6 Å². The van der Waals surface area contributed by atoms with E-state index in [9.17, 15) is 18.0 Å². The second-order valence-electron chi connectivity index (χ2n) is 3.74. The van der Waals surface area contributed by atoms with Crippen LogP contribution in [0.25, 0.3) is 0 Å². The quantitative estimate of drug-likeness (QED) is 0.710. The average Bonchev–Trinajstić information content (AvgIpc) is 2.28. The first-order valence-electron chi connectivity index (χ1n) is 5.81. The van der Waals surface area contributed by atoms with Gasteiger partial charge in [0.1, 0.15) is 0 Å². The number of nitrogens with one attached hydrogen (secondary N) is 1. The van der Waals surface area contributed by atoms with Gasteiger partial charge in [-0.3, -0.25) is 4.79 Å². The first-order valence-corrected chi connectivity index (χ1v) is 5.81. The molecular formula is C11H18F3N3O. The molecule has 0 aromatic carbocycles. The van der Waals surface area contributed by atoms with Gasteiger partial charge in [-0.25, -0.2) is 0 Å². The van der Waals surface area contributed by atoms with Crippen molar-refractivity contribution >= 4 is 5.91 Å². The van der Waals surface area contributed by atoms with E-state index in [1.54, 1.807) is 4.90 Å². The number of carbonyl (C=O) groups is 1. The molecule has 1 amide bonds. The van der Waals surface area contributed by atoms with Crippen LogP contribution < -0.4 is 5.32 Å². The van der Waals surface area contributed by atoms with Gasteiger partial charge in [-0.15, -0.1) is 0 Å². The van der Waals surface area contributed by atoms with Crippen molar-refractivity contribution in [2.45, 2.75) is 26.4 Å². The highest BCUT2D eigenvalue weighted by molar-refractivity contribution is 5.76. The largest absolute Gasteiger partial charge is 0.405 e. The monoisotopic (exact) mass is 265 g/mol. The number of nitriles is 1. The van der Waals surface area contributed by atoms with Crippen molar-refractivity contribution in [3.8, 4) is 6.07 Å². The maximum absolute atomic E-state index is 12.2. The molecule has 104 valence electrons. The zero-order valence-electron chi connectivity index (χ0n) is 10.5. The first-order chi connectivity index (χ1) is 8.36. The lowest BCUT2D eigenvalue weighted by molar-refractivity contribution is -0.157. The van der Waals surface area contributed by atoms with E-state index in [1.165, 1.54) is 6.07 Å². The first kappa shape index (κ1) is 16.7. The number of amides is 1. The van der Waals surface area contributed by atoms with Crippen LogP contribution in [-0.4, -0.2) is 43.2 Å². The van der Waals surface area contributed by atoms with Gasteiger partial charge in [-0.2, -0.15) is 18.4 Å². The Morgan fingerprint density at radius 2 is 1.94 bits per heavy atom. The Morgan fingerprint density at radius 3 is 2.33 bits per heavy atom. The van der Waals surface area contributed by atoms with Crippen molar-refractivity contribution in [3.05, 3.63) is 0 Å². The third-order valence-electron chi connectivity index (χ3n) is 2.53. The minimum atomic E-state index is -4.52. The molecule has 0 saturated carbocycles. The molecule has 1 unspecified atom stereocenters. The van der Waals surface area contributed by atoms with Crippen molar-refractivity contribution in [2.75, 3.05) is 26.2 Å². The van der Waals surface area contributed by atoms with Gasteiger partial charge in [-0.05, 0) is 13.8 Å². The van der Waals surface area contributed by atoms with Crippen molar-refractivity contribution in [1.29, 1.82) is 5.26 Å². The summed E-state index contributed by atoms with van der Waals surface area (Å²) in [6.45, 7) is 4.50. The fourth-order valence-corrected chi connectivity index (χ4v) is 1.41. The molecule has 0 spiro atoms. The molecule has 7 heteroatoms. The van der Waals surface area contributed by atoms with E-state index in [0.29, 0.717) is 13.1 Å². The average molecular weight is 265 g/mol. The predicted molar refractivity (Wildman–Crippen MR) is 60.6 cm³/mol. The smallest absolute Gasteiger partial charge is 0.343 e. The number of hydrogen-bond donors (Lipinski definition) is 1. The minimum absolute atomic E-state index is 0.104. The minimum Gasteiger partial charge on any atom is -0.343 e. The molecule has 4 nitrogen and oxygen atoms in total. The Balaban J connectivity index is 3.93. The molecule has 0 radical (unpaired) electrons. The summed E-state index contributed by atoms with van der Waals surface area (Å²) in [7, 11) is 0. The van der Waals surface area contributed by atoms with Gasteiger partial charge in [0.25, 0.3) is 0 Å². The lowest BCUT2D eigenvalue weighted by atomic mass is 10.1. The molecule has 0 heterocycles. The normalized spacial score (nSPS) is 12.9. The molecule has 0 saturated heterocycles. The van der Waals surface area contributed by atoms with Gasteiger partial charge in [0.05, 0.1) is 6.07 Å². The summed E-state index contributed by atoms with van der Waals surface area (Å²) in [5.74, 6) is -2.13. The van der Waals surface area contributed by atoms with E-state index in [-0.39, 0.29) is 18.9 Å². The van der Waals surface area contributed by atoms with E-state index in [4.69, 9.17) is 5.26 Å². The Labute approximate surface area is 105 Å². The van der Waals surface area contributed by atoms with Crippen LogP contribution in [0.3, 0.4) is 0 Å². The fraction of sp³-hybridized carbons (Fsp3) is 0.818. The summed E-state index contributed by atoms with van der Waals surface area (Å²) in [6, 6.07) is 1.19. The van der Waals surface area contributed by atoms with Gasteiger partial charge >= 0.3 is 6.18 Å². The topological polar surface area (TPSA) is 56.1 Å². The number of halogens is 3. The van der Waals surface area contributed by atoms with Gasteiger partial charge in [0.15, 0.2) is 5.92 Å². The van der Waals surface area contributed by atoms with Gasteiger partial charge in [-0.1, -0.05) is 0 Å². The molecule has 0 aliphatic heterocycles. The molecule has 18 heavy (non-hydrogen) atoms. The molecule has 0 aliphatic carbocycles. The SMILES string of the molecule is CCN(CC)C(=O)CCNCC(C#N)C(F)(F)F. The third kappa shape index (κ3) is 5.87. The second kappa shape index (κ2) is 7.93. The highest BCUT2D eigenvalue weighted by Gasteiger charge is 2.39. The van der Waals surface area contributed by atoms with Crippen LogP contribution in [0.4, 0.5) is 13.2 Å². The molecular weight excluding hydrogens is 247 g/mol. The molecule has 0 fully saturated rings. The van der Waals surface area contributed by atoms with E-state index in [0.717, 1.165) is 0 Å². The number of alkyl halides is 3. The third-order valence-corrected chi connectivity index (χ3v) is 2.53. The highest BCUT2D eigenvalue weighted by atomic mass is 19.4. The van der Waals surface area contributed by atoms with Crippen molar-refractivity contribution in [1.82, 2.24) is 10.2 Å². The Bertz CT molecular complexity index is 295. The summed E-state index contributed by atoms with van der Waals surface area (Å²) < 4.78 is 36.6. The number of nitrogens with zero attached hydrogens (tertiary/aromatic N) is 2. The van der Waals surface area contributed by atoms with Crippen LogP contribution in [-0.2, 0) is 4.79 Å². The van der Waals surface area contributed by atoms with E-state index in [1.807, 2.05) is 13.8 Å². The van der Waals surface area contributed by atoms with Crippen LogP contribution in [0.1, 0.15) is 20.3 Å². The van der Waals surface area contributed by atoms with Crippen LogP contribution in [0.5, 0.6) is 0 Å². The lowest BCUT2D eigenvalue weighted by Crippen LogP contribution is -2.36. The molecule has 0 aromatic heterocycles. The van der Waals surface area contributed by atoms with Crippen molar-refractivity contribution in [3.63, 3.8) is 0 Å². The van der Waals surface area contributed by atoms with Crippen LogP contribution in [0, 0.1) is 17.2 Å². The maximum Gasteiger partial charge on any atom is 0.405 e. The summed E-state index contributed by atoms with van der Waals surface area (Å²) in [5.41, 5.74) is 0. The zero-order chi connectivity index (χ0) is 14.2. The summed E-state index contributed by atoms with van der Waals surface area (Å²) in [6.07, 6.45) is -4.39. The van der Waals surface area contributed by atoms with Crippen molar-refractivity contribution < 1.29 is 18.0 Å². The van der Waals surface area contributed by atoms with E-state index in [2.05, 4.69) is 5.32 Å². The van der Waals surface area contributed by atoms with Crippen molar-refractivity contribution in [2.24, 2.45) is 5.92 Å². The molecule has 0 aliphatic rings. The zero-order valence-corrected chi connectivity index (χ0v) is 10.5. The predicted octanol–water partition coefficient (Wildman–Crippen LogP) is 1.54. The number of hydrogen-bond acceptors (Lipinski definition) is 3. The molecule has 1 N–H and O–H groups in total. The maximum atomic E-state index is 12.2. The summed E-state index contributed by atoms with van der Waals surface area (Å²) in [4.78, 5) is 13.1. The Hall–Kier alpha value is -1.29. The molecule has 0 aromatic rings. The molecule has 1 atom stereocenters. The van der Waals surface area contributed by atoms with E-state index >= 15 is 0 Å². The lowest BCUT2D eigenvalue weighted by Gasteiger charge is -2.19. The number of carbonyl (C=O) groups excluding carboxylic acids is 1. The standard InChI is InChI=1S/C11H18F3N3O/c1-3-17(4-2)10(18)5-6-16-8-9(7-15)11(12,13)14/h9,16H,3-6,8H2,1-2H3. The van der Waals surface area contributed by atoms with Gasteiger partial charge < -0.3 is 10.2 Å². The molecule has 0 bridgehead atoms. The second-order valence-corrected chi connectivity index (χ2v) is 3.74. The van der Waals surface area contributed by atoms with Crippen LogP contribution in [0.15, 0.2) is 0 Å². The van der Waals surface area contributed by atoms with Gasteiger partial charge in [0.2, 0.25) is 5.91 Å². The summed E-state index contributed by atoms with van der Waals surface area (Å²) >= 11 is 0. The Kier molecular flexibility index (Phi) is 7.36. The fourth-order valence-electron chi connectivity index (χ4n) is 1.41. The summed E-state index contributed by atoms with van der Waals surface area (Å²) in [5, 5.41) is 10.8. The molecule has 0 rings (SSSR count). The van der Waals surface area contributed by atoms with Crippen LogP contribution in [0.2, 0.25) is 0 Å². The van der Waals surface area contributed by atoms with Crippen LogP contribution >= 0.6 is 0 Å².